The van der Waals surface area contributed by atoms with Crippen LogP contribution in [0.5, 0.6) is 0 Å². The number of hydrogen-bond acceptors (Lipinski definition) is 10. The molecule has 28 heavy (non-hydrogen) atoms. The molecule has 0 aliphatic carbocycles. The molecule has 1 fully saturated rings. The van der Waals surface area contributed by atoms with Crippen LogP contribution in [0.2, 0.25) is 0 Å². The average molecular weight is 439 g/mol. The van der Waals surface area contributed by atoms with Crippen LogP contribution in [0.3, 0.4) is 0 Å². The highest BCUT2D eigenvalue weighted by atomic mass is 31.3. The molecule has 0 amide bonds. The van der Waals surface area contributed by atoms with Gasteiger partial charge in [-0.2, -0.15) is 4.98 Å². The summed E-state index contributed by atoms with van der Waals surface area (Å²) in [6, 6.07) is 0. The third-order valence-electron chi connectivity index (χ3n) is 3.69. The lowest BCUT2D eigenvalue weighted by molar-refractivity contribution is -0.0244. The molecule has 5 atom stereocenters. The van der Waals surface area contributed by atoms with Gasteiger partial charge in [0.1, 0.15) is 18.3 Å². The quantitative estimate of drug-likeness (QED) is 0.253. The van der Waals surface area contributed by atoms with Crippen LogP contribution in [0.15, 0.2) is 23.0 Å². The molecule has 15 nitrogen and oxygen atoms in total. The van der Waals surface area contributed by atoms with E-state index in [2.05, 4.69) is 19.3 Å². The zero-order valence-corrected chi connectivity index (χ0v) is 15.4. The Morgan fingerprint density at radius 3 is 2.61 bits per heavy atom. The van der Waals surface area contributed by atoms with Crippen LogP contribution in [0.1, 0.15) is 6.23 Å². The molecule has 1 saturated heterocycles. The van der Waals surface area contributed by atoms with Crippen LogP contribution in [0.4, 0.5) is 5.95 Å². The Morgan fingerprint density at radius 1 is 1.29 bits per heavy atom. The van der Waals surface area contributed by atoms with Crippen molar-refractivity contribution in [1.29, 1.82) is 0 Å². The summed E-state index contributed by atoms with van der Waals surface area (Å²) >= 11 is 0. The molecule has 2 aromatic rings. The normalized spacial score (nSPS) is 28.2. The topological polar surface area (TPSA) is 243 Å². The van der Waals surface area contributed by atoms with Crippen molar-refractivity contribution in [1.82, 2.24) is 19.5 Å². The first kappa shape index (κ1) is 20.8. The first-order valence-corrected chi connectivity index (χ1v) is 10.6. The Balaban J connectivity index is 1.87. The molecule has 2 unspecified atom stereocenters. The van der Waals surface area contributed by atoms with E-state index in [9.17, 15) is 29.0 Å². The van der Waals surface area contributed by atoms with Crippen LogP contribution in [0.25, 0.3) is 11.2 Å². The van der Waals surface area contributed by atoms with Gasteiger partial charge < -0.3 is 35.4 Å². The van der Waals surface area contributed by atoms with Crippen molar-refractivity contribution < 1.29 is 43.1 Å². The van der Waals surface area contributed by atoms with E-state index in [0.29, 0.717) is 5.82 Å². The smallest absolute Gasteiger partial charge is 0.387 e. The largest absolute Gasteiger partial charge is 0.477 e. The zero-order valence-electron chi connectivity index (χ0n) is 13.6. The summed E-state index contributed by atoms with van der Waals surface area (Å²) in [4.78, 5) is 48.4. The first-order valence-electron chi connectivity index (χ1n) is 7.40. The highest BCUT2D eigenvalue weighted by Crippen LogP contribution is 2.58. The number of imidazole rings is 1. The Hall–Kier alpha value is -1.93. The number of aliphatic hydroxyl groups is 2. The number of nitrogens with two attached hydrogens (primary N) is 1. The third-order valence-corrected chi connectivity index (χ3v) is 6.02. The van der Waals surface area contributed by atoms with Gasteiger partial charge in [0, 0.05) is 5.82 Å². The lowest BCUT2D eigenvalue weighted by atomic mass is 10.1. The summed E-state index contributed by atoms with van der Waals surface area (Å²) in [7, 11) is -10.1. The van der Waals surface area contributed by atoms with Gasteiger partial charge in [0.15, 0.2) is 17.4 Å². The summed E-state index contributed by atoms with van der Waals surface area (Å²) in [5, 5.41) is 20.3. The van der Waals surface area contributed by atoms with E-state index in [-0.39, 0.29) is 17.1 Å². The molecular weight excluding hydrogens is 424 g/mol. The minimum Gasteiger partial charge on any atom is -0.387 e. The van der Waals surface area contributed by atoms with E-state index < -0.39 is 45.5 Å². The number of aromatic nitrogens is 4. The summed E-state index contributed by atoms with van der Waals surface area (Å²) in [5.41, 5.74) is 4.70. The molecule has 17 heteroatoms. The standard InChI is InChI=1S/C11H15N5O10P2/c12-11-14-8-5(9(19)15-11)13-3-16(8)10-7(18)6(17)4(25-10)1-2-27(20,21)26-28(22,23)24/h1-4,6-7,10,17-18H,(H,20,21)(H2,22,23,24)(H3,12,14,15,19)/b2-1-/t4-,6+,7?,10-/m1/s1. The number of ether oxygens (including phenoxy) is 1. The van der Waals surface area contributed by atoms with Crippen LogP contribution in [-0.4, -0.2) is 62.7 Å². The number of H-pyrrole nitrogens is 1. The molecule has 0 spiro atoms. The average Bonchev–Trinajstić information content (AvgIpc) is 3.06. The van der Waals surface area contributed by atoms with Crippen LogP contribution in [0, 0.1) is 0 Å². The minimum absolute atomic E-state index is 0.0419. The molecule has 8 N–H and O–H groups in total. The lowest BCUT2D eigenvalue weighted by Gasteiger charge is -2.16. The van der Waals surface area contributed by atoms with Crippen molar-refractivity contribution in [3.05, 3.63) is 28.6 Å². The molecule has 0 radical (unpaired) electrons. The van der Waals surface area contributed by atoms with Crippen molar-refractivity contribution in [2.75, 3.05) is 5.73 Å². The molecule has 3 heterocycles. The molecular formula is C11H15N5O10P2. The lowest BCUT2D eigenvalue weighted by Crippen LogP contribution is -2.30. The second kappa shape index (κ2) is 7.15. The Morgan fingerprint density at radius 2 is 1.96 bits per heavy atom. The number of hydrogen-bond donors (Lipinski definition) is 7. The Kier molecular flexibility index (Phi) is 5.31. The maximum absolute atomic E-state index is 11.8. The Labute approximate surface area is 154 Å². The van der Waals surface area contributed by atoms with Crippen LogP contribution in [-0.2, 0) is 18.2 Å². The van der Waals surface area contributed by atoms with Gasteiger partial charge in [-0.1, -0.05) is 0 Å². The number of fused-ring (bicyclic) bond motifs is 1. The minimum atomic E-state index is -5.25. The fourth-order valence-corrected chi connectivity index (χ4v) is 4.40. The number of nitrogens with one attached hydrogen (secondary N) is 1. The number of rotatable bonds is 5. The monoisotopic (exact) mass is 439 g/mol. The molecule has 3 rings (SSSR count). The second-order valence-corrected chi connectivity index (χ2v) is 8.79. The number of aliphatic hydroxyl groups excluding tert-OH is 2. The number of anilines is 1. The van der Waals surface area contributed by atoms with E-state index in [1.165, 1.54) is 0 Å². The number of nitrogen functional groups attached to an aromatic ring is 1. The van der Waals surface area contributed by atoms with E-state index in [0.717, 1.165) is 17.0 Å². The van der Waals surface area contributed by atoms with E-state index >= 15 is 0 Å². The van der Waals surface area contributed by atoms with E-state index in [1.54, 1.807) is 0 Å². The predicted molar refractivity (Wildman–Crippen MR) is 90.6 cm³/mol. The van der Waals surface area contributed by atoms with Crippen molar-refractivity contribution in [2.24, 2.45) is 0 Å². The van der Waals surface area contributed by atoms with Crippen molar-refractivity contribution >= 4 is 32.5 Å². The van der Waals surface area contributed by atoms with Gasteiger partial charge in [-0.15, -0.1) is 0 Å². The van der Waals surface area contributed by atoms with Crippen molar-refractivity contribution in [3.8, 4) is 0 Å². The van der Waals surface area contributed by atoms with Crippen LogP contribution < -0.4 is 11.3 Å². The molecule has 0 bridgehead atoms. The number of phosphoric acid groups is 1. The first-order chi connectivity index (χ1) is 12.9. The molecule has 1 aliphatic heterocycles. The highest BCUT2D eigenvalue weighted by Gasteiger charge is 2.43. The molecule has 154 valence electrons. The highest BCUT2D eigenvalue weighted by molar-refractivity contribution is 7.65. The molecule has 0 saturated carbocycles. The molecule has 0 aromatic carbocycles. The fourth-order valence-electron chi connectivity index (χ4n) is 2.58. The van der Waals surface area contributed by atoms with E-state index in [1.807, 2.05) is 0 Å². The van der Waals surface area contributed by atoms with Crippen LogP contribution >= 0.6 is 15.4 Å². The summed E-state index contributed by atoms with van der Waals surface area (Å²) in [6.45, 7) is 0. The maximum Gasteiger partial charge on any atom is 0.477 e. The number of aromatic amines is 1. The van der Waals surface area contributed by atoms with Gasteiger partial charge in [-0.25, -0.2) is 13.9 Å². The third kappa shape index (κ3) is 4.22. The predicted octanol–water partition coefficient (Wildman–Crippen LogP) is -1.87. The Bertz CT molecular complexity index is 1080. The fraction of sp³-hybridized carbons (Fsp3) is 0.364. The second-order valence-electron chi connectivity index (χ2n) is 5.73. The van der Waals surface area contributed by atoms with Crippen molar-refractivity contribution in [3.63, 3.8) is 0 Å². The molecule has 2 aromatic heterocycles. The van der Waals surface area contributed by atoms with E-state index in [4.69, 9.17) is 20.3 Å². The van der Waals surface area contributed by atoms with Gasteiger partial charge in [-0.05, 0) is 6.08 Å². The zero-order chi connectivity index (χ0) is 20.9. The summed E-state index contributed by atoms with van der Waals surface area (Å²) in [6.07, 6.45) is -3.92. The SMILES string of the molecule is Nc1nc2c(ncn2[C@@H]2O[C@H](/C=C\P(=O)(O)OP(=O)(O)O)[C@H](O)C2O)c(=O)[nH]1. The maximum atomic E-state index is 11.8. The summed E-state index contributed by atoms with van der Waals surface area (Å²) < 4.78 is 32.6. The van der Waals surface area contributed by atoms with Gasteiger partial charge in [0.2, 0.25) is 5.95 Å². The van der Waals surface area contributed by atoms with Gasteiger partial charge in [0.25, 0.3) is 5.56 Å². The molecule has 1 aliphatic rings. The van der Waals surface area contributed by atoms with Gasteiger partial charge in [0.05, 0.1) is 6.33 Å². The van der Waals surface area contributed by atoms with Gasteiger partial charge in [-0.3, -0.25) is 18.9 Å². The van der Waals surface area contributed by atoms with Crippen molar-refractivity contribution in [2.45, 2.75) is 24.5 Å². The summed E-state index contributed by atoms with van der Waals surface area (Å²) in [5.74, 6) is 0.182. The van der Waals surface area contributed by atoms with Gasteiger partial charge >= 0.3 is 15.4 Å². The number of nitrogens with zero attached hydrogens (tertiary/aromatic N) is 3.